The highest BCUT2D eigenvalue weighted by Gasteiger charge is 2.32. The van der Waals surface area contributed by atoms with Gasteiger partial charge in [0.25, 0.3) is 0 Å². The fourth-order valence-corrected chi connectivity index (χ4v) is 3.09. The molecule has 7 heteroatoms. The third kappa shape index (κ3) is 4.90. The van der Waals surface area contributed by atoms with Gasteiger partial charge in [0.2, 0.25) is 0 Å². The number of carbonyl (C=O) groups excluding carboxylic acids is 3. The minimum absolute atomic E-state index is 0.200. The predicted molar refractivity (Wildman–Crippen MR) is 105 cm³/mol. The first-order valence-corrected chi connectivity index (χ1v) is 9.33. The number of hydrogen-bond donors (Lipinski definition) is 1. The highest BCUT2D eigenvalue weighted by molar-refractivity contribution is 6.06. The summed E-state index contributed by atoms with van der Waals surface area (Å²) in [6, 6.07) is -0.994. The lowest BCUT2D eigenvalue weighted by molar-refractivity contribution is 0.0512. The lowest BCUT2D eigenvalue weighted by atomic mass is 10.00. The van der Waals surface area contributed by atoms with Crippen LogP contribution in [0.3, 0.4) is 0 Å². The fraction of sp³-hybridized carbons (Fsp3) is 0.650. The van der Waals surface area contributed by atoms with Gasteiger partial charge in [0, 0.05) is 30.4 Å². The van der Waals surface area contributed by atoms with Crippen molar-refractivity contribution in [2.24, 2.45) is 0 Å². The van der Waals surface area contributed by atoms with Gasteiger partial charge in [-0.3, -0.25) is 4.79 Å². The van der Waals surface area contributed by atoms with Crippen LogP contribution in [0.25, 0.3) is 0 Å². The Morgan fingerprint density at radius 1 is 1.19 bits per heavy atom. The van der Waals surface area contributed by atoms with Crippen LogP contribution in [0.15, 0.2) is 0 Å². The molecule has 27 heavy (non-hydrogen) atoms. The Bertz CT molecular complexity index is 729. The molecule has 1 heterocycles. The summed E-state index contributed by atoms with van der Waals surface area (Å²) in [5, 5.41) is 2.85. The number of aromatic nitrogens is 1. The maximum Gasteiger partial charge on any atom is 0.355 e. The molecule has 1 aromatic heterocycles. The second-order valence-corrected chi connectivity index (χ2v) is 7.73. The zero-order valence-corrected chi connectivity index (χ0v) is 18.0. The van der Waals surface area contributed by atoms with E-state index < -0.39 is 17.6 Å². The second kappa shape index (κ2) is 8.59. The summed E-state index contributed by atoms with van der Waals surface area (Å²) in [4.78, 5) is 39.3. The van der Waals surface area contributed by atoms with E-state index in [1.54, 1.807) is 32.4 Å². The number of rotatable bonds is 6. The van der Waals surface area contributed by atoms with Gasteiger partial charge in [-0.25, -0.2) is 9.59 Å². The molecule has 0 saturated carbocycles. The van der Waals surface area contributed by atoms with Gasteiger partial charge < -0.3 is 19.5 Å². The number of hydrogen-bond acceptors (Lipinski definition) is 4. The molecule has 0 aliphatic carbocycles. The van der Waals surface area contributed by atoms with Gasteiger partial charge in [0.15, 0.2) is 5.78 Å². The molecular formula is C20H33N3O4. The van der Waals surface area contributed by atoms with Gasteiger partial charge in [0.1, 0.15) is 5.69 Å². The molecule has 1 N–H and O–H groups in total. The van der Waals surface area contributed by atoms with Crippen LogP contribution in [0.2, 0.25) is 0 Å². The van der Waals surface area contributed by atoms with E-state index in [0.29, 0.717) is 29.1 Å². The average molecular weight is 380 g/mol. The molecule has 0 aromatic carbocycles. The van der Waals surface area contributed by atoms with Gasteiger partial charge in [-0.15, -0.1) is 0 Å². The van der Waals surface area contributed by atoms with Gasteiger partial charge >= 0.3 is 12.0 Å². The minimum atomic E-state index is -0.674. The lowest BCUT2D eigenvalue weighted by Gasteiger charge is -2.29. The van der Waals surface area contributed by atoms with E-state index in [4.69, 9.17) is 4.74 Å². The van der Waals surface area contributed by atoms with E-state index in [-0.39, 0.29) is 18.4 Å². The van der Waals surface area contributed by atoms with Crippen molar-refractivity contribution in [3.63, 3.8) is 0 Å². The lowest BCUT2D eigenvalue weighted by Crippen LogP contribution is -2.51. The highest BCUT2D eigenvalue weighted by atomic mass is 16.5. The number of ether oxygens (including phenoxy) is 1. The van der Waals surface area contributed by atoms with Crippen molar-refractivity contribution in [1.82, 2.24) is 14.8 Å². The maximum atomic E-state index is 13.2. The van der Waals surface area contributed by atoms with Crippen LogP contribution in [-0.4, -0.2) is 52.5 Å². The van der Waals surface area contributed by atoms with Crippen molar-refractivity contribution in [2.75, 3.05) is 13.7 Å². The molecule has 0 saturated heterocycles. The smallest absolute Gasteiger partial charge is 0.355 e. The Morgan fingerprint density at radius 3 is 2.19 bits per heavy atom. The summed E-state index contributed by atoms with van der Waals surface area (Å²) in [6.07, 6.45) is 0. The summed E-state index contributed by atoms with van der Waals surface area (Å²) in [7, 11) is 1.59. The number of nitrogens with one attached hydrogen (secondary N) is 1. The van der Waals surface area contributed by atoms with Crippen LogP contribution in [0, 0.1) is 13.8 Å². The van der Waals surface area contributed by atoms with E-state index in [1.807, 2.05) is 34.6 Å². The number of carbonyl (C=O) groups is 3. The predicted octanol–water partition coefficient (Wildman–Crippen LogP) is 3.31. The maximum absolute atomic E-state index is 13.2. The summed E-state index contributed by atoms with van der Waals surface area (Å²) in [5.74, 6) is -0.639. The molecule has 0 bridgehead atoms. The average Bonchev–Trinajstić information content (AvgIpc) is 2.81. The van der Waals surface area contributed by atoms with E-state index in [2.05, 4.69) is 5.32 Å². The van der Waals surface area contributed by atoms with E-state index in [1.165, 1.54) is 4.90 Å². The van der Waals surface area contributed by atoms with Crippen LogP contribution in [0.4, 0.5) is 4.79 Å². The van der Waals surface area contributed by atoms with Gasteiger partial charge in [-0.2, -0.15) is 0 Å². The number of ketones is 1. The van der Waals surface area contributed by atoms with Crippen LogP contribution >= 0.6 is 0 Å². The molecule has 0 fully saturated rings. The summed E-state index contributed by atoms with van der Waals surface area (Å²) >= 11 is 0. The van der Waals surface area contributed by atoms with Gasteiger partial charge in [0.05, 0.1) is 12.6 Å². The molecule has 1 unspecified atom stereocenters. The van der Waals surface area contributed by atoms with Crippen LogP contribution in [0.1, 0.15) is 73.6 Å². The number of urea groups is 1. The molecule has 1 atom stereocenters. The highest BCUT2D eigenvalue weighted by Crippen LogP contribution is 2.25. The summed E-state index contributed by atoms with van der Waals surface area (Å²) in [5.41, 5.74) is 1.77. The third-order valence-corrected chi connectivity index (χ3v) is 4.56. The van der Waals surface area contributed by atoms with Crippen molar-refractivity contribution in [3.05, 3.63) is 22.5 Å². The van der Waals surface area contributed by atoms with Crippen molar-refractivity contribution in [3.8, 4) is 0 Å². The van der Waals surface area contributed by atoms with Crippen LogP contribution in [0.5, 0.6) is 0 Å². The zero-order valence-electron chi connectivity index (χ0n) is 18.0. The first kappa shape index (κ1) is 22.7. The van der Waals surface area contributed by atoms with Crippen molar-refractivity contribution in [1.29, 1.82) is 0 Å². The van der Waals surface area contributed by atoms with Gasteiger partial charge in [-0.1, -0.05) is 0 Å². The van der Waals surface area contributed by atoms with Crippen LogP contribution in [-0.2, 0) is 11.3 Å². The number of Topliss-reactive ketones (excluding diaryl/α,β-unsaturated/α-hetero) is 1. The Morgan fingerprint density at radius 2 is 1.74 bits per heavy atom. The summed E-state index contributed by atoms with van der Waals surface area (Å²) in [6.45, 7) is 15.4. The van der Waals surface area contributed by atoms with Gasteiger partial charge in [-0.05, 0) is 61.0 Å². The fourth-order valence-electron chi connectivity index (χ4n) is 3.09. The minimum Gasteiger partial charge on any atom is -0.461 e. The molecule has 7 nitrogen and oxygen atoms in total. The Kier molecular flexibility index (Phi) is 7.23. The number of nitrogens with zero attached hydrogens (tertiary/aromatic N) is 2. The van der Waals surface area contributed by atoms with E-state index in [9.17, 15) is 14.4 Å². The Labute approximate surface area is 162 Å². The topological polar surface area (TPSA) is 80.6 Å². The molecule has 0 radical (unpaired) electrons. The van der Waals surface area contributed by atoms with E-state index >= 15 is 0 Å². The third-order valence-electron chi connectivity index (χ3n) is 4.56. The molecule has 0 aliphatic heterocycles. The number of amides is 2. The van der Waals surface area contributed by atoms with Crippen molar-refractivity contribution in [2.45, 2.75) is 73.5 Å². The molecule has 152 valence electrons. The van der Waals surface area contributed by atoms with Crippen molar-refractivity contribution >= 4 is 17.8 Å². The normalized spacial score (nSPS) is 12.5. The molecule has 1 rings (SSSR count). The molecule has 2 amide bonds. The second-order valence-electron chi connectivity index (χ2n) is 7.73. The first-order valence-electron chi connectivity index (χ1n) is 9.33. The molecule has 1 aromatic rings. The Balaban J connectivity index is 3.27. The molecule has 0 spiro atoms. The number of likely N-dealkylation sites (N-methyl/N-ethyl adjacent to an activating group) is 1. The first-order chi connectivity index (χ1) is 12.4. The monoisotopic (exact) mass is 379 g/mol. The van der Waals surface area contributed by atoms with Crippen LogP contribution < -0.4 is 5.32 Å². The Hall–Kier alpha value is -2.31. The van der Waals surface area contributed by atoms with E-state index in [0.717, 1.165) is 0 Å². The zero-order chi connectivity index (χ0) is 21.1. The SMILES string of the molecule is CCOC(=O)c1c(C)c(C(=O)C(C)N(C)C(=O)NC(C)(C)C)c(C)n1CC. The van der Waals surface area contributed by atoms with Crippen molar-refractivity contribution < 1.29 is 19.1 Å². The molecule has 0 aliphatic rings. The number of esters is 1. The quantitative estimate of drug-likeness (QED) is 0.607. The standard InChI is InChI=1S/C20H33N3O4/c1-10-23-13(4)15(12(3)16(23)18(25)27-11-2)17(24)14(5)22(9)19(26)21-20(6,7)8/h14H,10-11H2,1-9H3,(H,21,26). The molecular weight excluding hydrogens is 346 g/mol. The summed E-state index contributed by atoms with van der Waals surface area (Å²) < 4.78 is 6.95. The largest absolute Gasteiger partial charge is 0.461 e.